The van der Waals surface area contributed by atoms with Crippen LogP contribution in [0.4, 0.5) is 0 Å². The van der Waals surface area contributed by atoms with Crippen LogP contribution in [0.5, 0.6) is 0 Å². The molecule has 0 unspecified atom stereocenters. The minimum atomic E-state index is 0.235. The first-order chi connectivity index (χ1) is 10.8. The van der Waals surface area contributed by atoms with Crippen LogP contribution in [0.15, 0.2) is 23.8 Å². The van der Waals surface area contributed by atoms with Gasteiger partial charge in [-0.05, 0) is 24.3 Å². The summed E-state index contributed by atoms with van der Waals surface area (Å²) in [7, 11) is 0. The van der Waals surface area contributed by atoms with Crippen molar-refractivity contribution in [2.45, 2.75) is 25.2 Å². The van der Waals surface area contributed by atoms with E-state index in [1.165, 1.54) is 0 Å². The van der Waals surface area contributed by atoms with E-state index in [9.17, 15) is 4.79 Å². The predicted molar refractivity (Wildman–Crippen MR) is 85.2 cm³/mol. The van der Waals surface area contributed by atoms with Gasteiger partial charge in [0.1, 0.15) is 11.3 Å². The molecule has 114 valence electrons. The molecule has 1 aliphatic heterocycles. The van der Waals surface area contributed by atoms with Gasteiger partial charge in [-0.1, -0.05) is 17.4 Å². The molecule has 0 radical (unpaired) electrons. The Hall–Kier alpha value is -1.80. The molecule has 0 spiro atoms. The van der Waals surface area contributed by atoms with E-state index < -0.39 is 0 Å². The summed E-state index contributed by atoms with van der Waals surface area (Å²) in [5.41, 5.74) is 0. The smallest absolute Gasteiger partial charge is 0.234 e. The van der Waals surface area contributed by atoms with Gasteiger partial charge in [0.05, 0.1) is 6.42 Å². The van der Waals surface area contributed by atoms with Crippen LogP contribution < -0.4 is 0 Å². The highest BCUT2D eigenvalue weighted by atomic mass is 32.1. The van der Waals surface area contributed by atoms with Crippen molar-refractivity contribution >= 4 is 33.5 Å². The van der Waals surface area contributed by atoms with Crippen LogP contribution in [-0.2, 0) is 11.2 Å². The Morgan fingerprint density at radius 2 is 2.23 bits per heavy atom. The van der Waals surface area contributed by atoms with Crippen LogP contribution in [0.25, 0.3) is 4.96 Å². The molecule has 1 saturated heterocycles. The maximum Gasteiger partial charge on any atom is 0.234 e. The number of fused-ring (bicyclic) bond motifs is 1. The monoisotopic (exact) mass is 333 g/mol. The Balaban J connectivity index is 1.37. The molecule has 1 aliphatic rings. The number of hydrogen-bond acceptors (Lipinski definition) is 6. The average Bonchev–Trinajstić information content (AvgIpc) is 3.24. The van der Waals surface area contributed by atoms with Crippen LogP contribution in [0, 0.1) is 0 Å². The van der Waals surface area contributed by atoms with Crippen molar-refractivity contribution in [3.8, 4) is 0 Å². The Kier molecular flexibility index (Phi) is 3.63. The highest BCUT2D eigenvalue weighted by molar-refractivity contribution is 7.16. The molecule has 3 aromatic rings. The maximum absolute atomic E-state index is 12.3. The summed E-state index contributed by atoms with van der Waals surface area (Å²) in [5, 5.41) is 15.5. The molecule has 0 bridgehead atoms. The van der Waals surface area contributed by atoms with E-state index in [0.29, 0.717) is 12.3 Å². The molecule has 4 rings (SSSR count). The number of rotatable bonds is 3. The fourth-order valence-corrected chi connectivity index (χ4v) is 4.47. The average molecular weight is 333 g/mol. The van der Waals surface area contributed by atoms with Crippen molar-refractivity contribution in [2.24, 2.45) is 0 Å². The second-order valence-electron chi connectivity index (χ2n) is 5.41. The summed E-state index contributed by atoms with van der Waals surface area (Å²) in [6.45, 7) is 1.63. The van der Waals surface area contributed by atoms with Crippen molar-refractivity contribution in [1.82, 2.24) is 24.7 Å². The van der Waals surface area contributed by atoms with E-state index in [0.717, 1.165) is 40.8 Å². The van der Waals surface area contributed by atoms with Gasteiger partial charge in [-0.25, -0.2) is 0 Å². The number of likely N-dealkylation sites (tertiary alicyclic amines) is 1. The first-order valence-electron chi connectivity index (χ1n) is 7.26. The summed E-state index contributed by atoms with van der Waals surface area (Å²) in [5.74, 6) is 0.663. The molecule has 0 atom stereocenters. The number of carbonyl (C=O) groups excluding carboxylic acids is 1. The zero-order valence-electron chi connectivity index (χ0n) is 11.9. The fourth-order valence-electron chi connectivity index (χ4n) is 2.79. The summed E-state index contributed by atoms with van der Waals surface area (Å²) in [4.78, 5) is 16.3. The zero-order valence-corrected chi connectivity index (χ0v) is 13.5. The second kappa shape index (κ2) is 5.77. The molecule has 0 N–H and O–H groups in total. The third-order valence-electron chi connectivity index (χ3n) is 4.00. The van der Waals surface area contributed by atoms with Gasteiger partial charge in [0.2, 0.25) is 10.9 Å². The van der Waals surface area contributed by atoms with E-state index in [1.54, 1.807) is 33.5 Å². The van der Waals surface area contributed by atoms with E-state index in [2.05, 4.69) is 15.3 Å². The molecule has 4 heterocycles. The summed E-state index contributed by atoms with van der Waals surface area (Å²) in [6, 6.07) is 4.02. The Bertz CT molecular complexity index is 742. The van der Waals surface area contributed by atoms with Crippen LogP contribution in [0.1, 0.15) is 28.6 Å². The molecular weight excluding hydrogens is 318 g/mol. The van der Waals surface area contributed by atoms with Crippen molar-refractivity contribution in [2.75, 3.05) is 13.1 Å². The molecule has 0 aliphatic carbocycles. The Morgan fingerprint density at radius 1 is 1.36 bits per heavy atom. The van der Waals surface area contributed by atoms with Crippen LogP contribution >= 0.6 is 22.7 Å². The molecule has 0 aromatic carbocycles. The van der Waals surface area contributed by atoms with Gasteiger partial charge >= 0.3 is 0 Å². The van der Waals surface area contributed by atoms with E-state index >= 15 is 0 Å². The number of piperidine rings is 1. The van der Waals surface area contributed by atoms with Gasteiger partial charge in [0, 0.05) is 23.9 Å². The van der Waals surface area contributed by atoms with Gasteiger partial charge in [0.15, 0.2) is 0 Å². The van der Waals surface area contributed by atoms with Gasteiger partial charge in [-0.3, -0.25) is 4.79 Å². The lowest BCUT2D eigenvalue weighted by Crippen LogP contribution is -2.38. The van der Waals surface area contributed by atoms with Crippen LogP contribution in [-0.4, -0.2) is 43.7 Å². The molecule has 3 aromatic heterocycles. The number of nitrogens with zero attached hydrogens (tertiary/aromatic N) is 5. The SMILES string of the molecule is O=C(Cc1cccs1)N1CCC(c2nn3cnnc3s2)CC1. The largest absolute Gasteiger partial charge is 0.342 e. The van der Waals surface area contributed by atoms with Gasteiger partial charge in [-0.2, -0.15) is 9.61 Å². The molecule has 22 heavy (non-hydrogen) atoms. The number of amides is 1. The van der Waals surface area contributed by atoms with Crippen molar-refractivity contribution in [3.63, 3.8) is 0 Å². The number of carbonyl (C=O) groups is 1. The third-order valence-corrected chi connectivity index (χ3v) is 5.96. The van der Waals surface area contributed by atoms with Crippen molar-refractivity contribution in [3.05, 3.63) is 33.7 Å². The lowest BCUT2D eigenvalue weighted by atomic mass is 9.97. The first kappa shape index (κ1) is 13.8. The lowest BCUT2D eigenvalue weighted by Gasteiger charge is -2.30. The zero-order chi connectivity index (χ0) is 14.9. The lowest BCUT2D eigenvalue weighted by molar-refractivity contribution is -0.131. The van der Waals surface area contributed by atoms with Crippen molar-refractivity contribution in [1.29, 1.82) is 0 Å². The number of thiophene rings is 1. The third kappa shape index (κ3) is 2.64. The van der Waals surface area contributed by atoms with Gasteiger partial charge in [-0.15, -0.1) is 21.5 Å². The molecular formula is C14H15N5OS2. The topological polar surface area (TPSA) is 63.4 Å². The van der Waals surface area contributed by atoms with E-state index in [4.69, 9.17) is 0 Å². The minimum Gasteiger partial charge on any atom is -0.342 e. The highest BCUT2D eigenvalue weighted by Gasteiger charge is 2.26. The minimum absolute atomic E-state index is 0.235. The second-order valence-corrected chi connectivity index (χ2v) is 7.43. The first-order valence-corrected chi connectivity index (χ1v) is 8.96. The standard InChI is InChI=1S/C14H15N5OS2/c20-12(8-11-2-1-7-21-11)18-5-3-10(4-6-18)13-17-19-9-15-16-14(19)22-13/h1-2,7,9-10H,3-6,8H2. The normalized spacial score (nSPS) is 16.5. The van der Waals surface area contributed by atoms with E-state index in [1.807, 2.05) is 22.4 Å². The van der Waals surface area contributed by atoms with E-state index in [-0.39, 0.29) is 5.91 Å². The van der Waals surface area contributed by atoms with Crippen molar-refractivity contribution < 1.29 is 4.79 Å². The summed E-state index contributed by atoms with van der Waals surface area (Å²) < 4.78 is 1.73. The molecule has 0 saturated carbocycles. The van der Waals surface area contributed by atoms with Crippen LogP contribution in [0.2, 0.25) is 0 Å². The predicted octanol–water partition coefficient (Wildman–Crippen LogP) is 2.20. The number of aromatic nitrogens is 4. The number of hydrogen-bond donors (Lipinski definition) is 0. The van der Waals surface area contributed by atoms with Crippen LogP contribution in [0.3, 0.4) is 0 Å². The molecule has 8 heteroatoms. The maximum atomic E-state index is 12.3. The molecule has 1 fully saturated rings. The molecule has 6 nitrogen and oxygen atoms in total. The van der Waals surface area contributed by atoms with Gasteiger partial charge < -0.3 is 4.90 Å². The quantitative estimate of drug-likeness (QED) is 0.737. The van der Waals surface area contributed by atoms with Gasteiger partial charge in [0.25, 0.3) is 0 Å². The molecule has 1 amide bonds. The highest BCUT2D eigenvalue weighted by Crippen LogP contribution is 2.31. The Labute approximate surface area is 135 Å². The Morgan fingerprint density at radius 3 is 2.95 bits per heavy atom. The fraction of sp³-hybridized carbons (Fsp3) is 0.429. The summed E-state index contributed by atoms with van der Waals surface area (Å²) >= 11 is 3.24. The summed E-state index contributed by atoms with van der Waals surface area (Å²) in [6.07, 6.45) is 4.11.